The van der Waals surface area contributed by atoms with Gasteiger partial charge in [-0.25, -0.2) is 9.83 Å². The minimum absolute atomic E-state index is 0.545. The van der Waals surface area contributed by atoms with Crippen molar-refractivity contribution in [2.45, 2.75) is 19.9 Å². The van der Waals surface area contributed by atoms with E-state index in [0.29, 0.717) is 18.8 Å². The molecule has 6 heteroatoms. The molecule has 0 saturated heterocycles. The first-order chi connectivity index (χ1) is 14.3. The van der Waals surface area contributed by atoms with Crippen LogP contribution in [0.4, 0.5) is 11.5 Å². The van der Waals surface area contributed by atoms with E-state index in [0.717, 1.165) is 45.7 Å². The SMILES string of the molecule is [C-]#[N+]c1cnc2[nH]cc(Cc3ccc(NCc4ccccc4OCC)nc3)c2c1. The summed E-state index contributed by atoms with van der Waals surface area (Å²) in [7, 11) is 0. The Bertz CT molecular complexity index is 1160. The van der Waals surface area contributed by atoms with Crippen LogP contribution in [0, 0.1) is 6.57 Å². The molecule has 2 N–H and O–H groups in total. The van der Waals surface area contributed by atoms with Crippen molar-refractivity contribution in [1.29, 1.82) is 0 Å². The molecule has 1 aromatic carbocycles. The number of para-hydroxylation sites is 1. The quantitative estimate of drug-likeness (QED) is 0.435. The number of aromatic nitrogens is 3. The Labute approximate surface area is 169 Å². The Hall–Kier alpha value is -3.85. The van der Waals surface area contributed by atoms with Crippen LogP contribution in [0.15, 0.2) is 61.1 Å². The molecule has 0 aliphatic rings. The van der Waals surface area contributed by atoms with Gasteiger partial charge in [0, 0.05) is 42.5 Å². The normalized spacial score (nSPS) is 10.6. The number of hydrogen-bond acceptors (Lipinski definition) is 4. The fourth-order valence-corrected chi connectivity index (χ4v) is 3.24. The zero-order valence-corrected chi connectivity index (χ0v) is 16.1. The summed E-state index contributed by atoms with van der Waals surface area (Å²) >= 11 is 0. The summed E-state index contributed by atoms with van der Waals surface area (Å²) in [5.41, 5.74) is 4.64. The van der Waals surface area contributed by atoms with Crippen LogP contribution in [0.1, 0.15) is 23.6 Å². The molecular formula is C23H21N5O. The number of rotatable bonds is 7. The van der Waals surface area contributed by atoms with E-state index in [1.54, 1.807) is 6.20 Å². The van der Waals surface area contributed by atoms with Gasteiger partial charge >= 0.3 is 0 Å². The number of nitrogens with one attached hydrogen (secondary N) is 2. The molecule has 0 bridgehead atoms. The first kappa shape index (κ1) is 18.5. The number of hydrogen-bond donors (Lipinski definition) is 2. The number of H-pyrrole nitrogens is 1. The van der Waals surface area contributed by atoms with E-state index < -0.39 is 0 Å². The number of nitrogens with zero attached hydrogens (tertiary/aromatic N) is 3. The standard InChI is InChI=1S/C23H21N5O/c1-3-29-21-7-5-4-6-17(21)13-26-22-9-8-16(12-25-22)10-18-14-27-23-20(18)11-19(24-2)15-28-23/h4-9,11-12,14-15H,3,10,13H2,1H3,(H,25,26)(H,27,28). The van der Waals surface area contributed by atoms with Gasteiger partial charge in [-0.3, -0.25) is 4.98 Å². The lowest BCUT2D eigenvalue weighted by molar-refractivity contribution is 0.337. The Balaban J connectivity index is 1.44. The summed E-state index contributed by atoms with van der Waals surface area (Å²) in [6, 6.07) is 13.9. The van der Waals surface area contributed by atoms with Gasteiger partial charge in [0.2, 0.25) is 5.69 Å². The molecule has 0 spiro atoms. The number of aromatic amines is 1. The van der Waals surface area contributed by atoms with E-state index in [1.165, 1.54) is 0 Å². The molecule has 3 aromatic heterocycles. The van der Waals surface area contributed by atoms with Crippen molar-refractivity contribution in [1.82, 2.24) is 15.0 Å². The van der Waals surface area contributed by atoms with Crippen LogP contribution >= 0.6 is 0 Å². The molecule has 6 nitrogen and oxygen atoms in total. The fourth-order valence-electron chi connectivity index (χ4n) is 3.24. The molecule has 0 fully saturated rings. The lowest BCUT2D eigenvalue weighted by Gasteiger charge is -2.11. The average molecular weight is 383 g/mol. The van der Waals surface area contributed by atoms with Gasteiger partial charge in [0.25, 0.3) is 0 Å². The minimum Gasteiger partial charge on any atom is -0.494 e. The minimum atomic E-state index is 0.545. The summed E-state index contributed by atoms with van der Waals surface area (Å²) in [5.74, 6) is 1.71. The molecular weight excluding hydrogens is 362 g/mol. The second-order valence-corrected chi connectivity index (χ2v) is 6.64. The number of pyridine rings is 2. The Morgan fingerprint density at radius 2 is 2.00 bits per heavy atom. The van der Waals surface area contributed by atoms with Gasteiger partial charge in [-0.2, -0.15) is 0 Å². The fraction of sp³-hybridized carbons (Fsp3) is 0.174. The third-order valence-electron chi connectivity index (χ3n) is 4.68. The van der Waals surface area contributed by atoms with Gasteiger partial charge in [0.05, 0.1) is 13.2 Å². The van der Waals surface area contributed by atoms with Gasteiger partial charge in [0.1, 0.15) is 17.2 Å². The van der Waals surface area contributed by atoms with Crippen molar-refractivity contribution >= 4 is 22.5 Å². The van der Waals surface area contributed by atoms with Crippen LogP contribution in [-0.4, -0.2) is 21.6 Å². The van der Waals surface area contributed by atoms with Gasteiger partial charge in [-0.1, -0.05) is 24.3 Å². The Morgan fingerprint density at radius 1 is 1.10 bits per heavy atom. The largest absolute Gasteiger partial charge is 0.494 e. The van der Waals surface area contributed by atoms with Gasteiger partial charge in [-0.15, -0.1) is 0 Å². The first-order valence-corrected chi connectivity index (χ1v) is 9.50. The Kier molecular flexibility index (Phi) is 5.39. The third-order valence-corrected chi connectivity index (χ3v) is 4.68. The maximum Gasteiger partial charge on any atom is 0.205 e. The van der Waals surface area contributed by atoms with Gasteiger partial charge in [0.15, 0.2) is 0 Å². The number of benzene rings is 1. The monoisotopic (exact) mass is 383 g/mol. The second kappa shape index (κ2) is 8.44. The summed E-state index contributed by atoms with van der Waals surface area (Å²) in [6.45, 7) is 10.5. The van der Waals surface area contributed by atoms with E-state index >= 15 is 0 Å². The molecule has 0 radical (unpaired) electrons. The van der Waals surface area contributed by atoms with E-state index in [2.05, 4.69) is 37.2 Å². The molecule has 0 aliphatic carbocycles. The molecule has 3 heterocycles. The highest BCUT2D eigenvalue weighted by molar-refractivity contribution is 5.83. The van der Waals surface area contributed by atoms with Crippen molar-refractivity contribution in [3.05, 3.63) is 89.2 Å². The maximum absolute atomic E-state index is 7.18. The molecule has 0 saturated carbocycles. The van der Waals surface area contributed by atoms with Crippen LogP contribution in [0.5, 0.6) is 5.75 Å². The van der Waals surface area contributed by atoms with Crippen LogP contribution in [0.25, 0.3) is 15.9 Å². The van der Waals surface area contributed by atoms with Crippen molar-refractivity contribution in [2.75, 3.05) is 11.9 Å². The van der Waals surface area contributed by atoms with Crippen molar-refractivity contribution in [3.63, 3.8) is 0 Å². The van der Waals surface area contributed by atoms with Crippen LogP contribution in [-0.2, 0) is 13.0 Å². The second-order valence-electron chi connectivity index (χ2n) is 6.64. The predicted octanol–water partition coefficient (Wildman–Crippen LogP) is 5.11. The van der Waals surface area contributed by atoms with Gasteiger partial charge < -0.3 is 15.0 Å². The van der Waals surface area contributed by atoms with Crippen molar-refractivity contribution < 1.29 is 4.74 Å². The predicted molar refractivity (Wildman–Crippen MR) is 114 cm³/mol. The van der Waals surface area contributed by atoms with Crippen LogP contribution in [0.3, 0.4) is 0 Å². The van der Waals surface area contributed by atoms with Crippen LogP contribution < -0.4 is 10.1 Å². The summed E-state index contributed by atoms with van der Waals surface area (Å²) in [4.78, 5) is 15.5. The number of anilines is 1. The number of ether oxygens (including phenoxy) is 1. The lowest BCUT2D eigenvalue weighted by Crippen LogP contribution is -2.04. The highest BCUT2D eigenvalue weighted by atomic mass is 16.5. The summed E-state index contributed by atoms with van der Waals surface area (Å²) in [5, 5.41) is 4.33. The third kappa shape index (κ3) is 4.19. The number of fused-ring (bicyclic) bond motifs is 1. The highest BCUT2D eigenvalue weighted by Crippen LogP contribution is 2.24. The van der Waals surface area contributed by atoms with E-state index in [9.17, 15) is 0 Å². The highest BCUT2D eigenvalue weighted by Gasteiger charge is 2.08. The van der Waals surface area contributed by atoms with E-state index in [4.69, 9.17) is 11.3 Å². The maximum atomic E-state index is 7.18. The summed E-state index contributed by atoms with van der Waals surface area (Å²) < 4.78 is 5.67. The zero-order valence-electron chi connectivity index (χ0n) is 16.1. The van der Waals surface area contributed by atoms with Crippen molar-refractivity contribution in [2.24, 2.45) is 0 Å². The molecule has 29 heavy (non-hydrogen) atoms. The molecule has 0 atom stereocenters. The molecule has 144 valence electrons. The lowest BCUT2D eigenvalue weighted by atomic mass is 10.1. The van der Waals surface area contributed by atoms with Crippen LogP contribution in [0.2, 0.25) is 0 Å². The van der Waals surface area contributed by atoms with E-state index in [1.807, 2.05) is 49.6 Å². The molecule has 0 amide bonds. The molecule has 4 rings (SSSR count). The summed E-state index contributed by atoms with van der Waals surface area (Å²) in [6.07, 6.45) is 6.13. The smallest absolute Gasteiger partial charge is 0.205 e. The topological polar surface area (TPSA) is 67.2 Å². The van der Waals surface area contributed by atoms with Crippen molar-refractivity contribution in [3.8, 4) is 5.75 Å². The molecule has 0 unspecified atom stereocenters. The average Bonchev–Trinajstić information content (AvgIpc) is 3.16. The Morgan fingerprint density at radius 3 is 2.79 bits per heavy atom. The molecule has 0 aliphatic heterocycles. The first-order valence-electron chi connectivity index (χ1n) is 9.50. The zero-order chi connectivity index (χ0) is 20.1. The molecule has 4 aromatic rings. The van der Waals surface area contributed by atoms with Gasteiger partial charge in [-0.05, 0) is 36.2 Å². The van der Waals surface area contributed by atoms with E-state index in [-0.39, 0.29) is 0 Å².